The predicted molar refractivity (Wildman–Crippen MR) is 70.7 cm³/mol. The van der Waals surface area contributed by atoms with E-state index < -0.39 is 11.7 Å². The molecule has 1 heterocycles. The van der Waals surface area contributed by atoms with E-state index in [-0.39, 0.29) is 11.5 Å². The molecule has 0 fully saturated rings. The van der Waals surface area contributed by atoms with E-state index in [1.807, 2.05) is 0 Å². The van der Waals surface area contributed by atoms with Crippen LogP contribution in [-0.2, 0) is 6.18 Å². The van der Waals surface area contributed by atoms with Gasteiger partial charge in [-0.1, -0.05) is 18.2 Å². The topological polar surface area (TPSA) is 30.4 Å². The van der Waals surface area contributed by atoms with Crippen molar-refractivity contribution in [3.05, 3.63) is 59.4 Å². The molecular weight excluding hydrogens is 281 g/mol. The SMILES string of the molecule is [C-]#[N+]c1ccc2oc(-c3ccccc3C(F)(F)F)nc2c1. The largest absolute Gasteiger partial charge is 0.436 e. The van der Waals surface area contributed by atoms with Crippen molar-refractivity contribution in [3.8, 4) is 11.5 Å². The number of oxazole rings is 1. The zero-order chi connectivity index (χ0) is 15.0. The minimum atomic E-state index is -4.49. The van der Waals surface area contributed by atoms with Crippen LogP contribution >= 0.6 is 0 Å². The molecule has 3 nitrogen and oxygen atoms in total. The number of halogens is 3. The Balaban J connectivity index is 2.20. The average Bonchev–Trinajstić information content (AvgIpc) is 2.89. The lowest BCUT2D eigenvalue weighted by Gasteiger charge is -2.09. The van der Waals surface area contributed by atoms with Gasteiger partial charge in [0, 0.05) is 5.56 Å². The molecule has 104 valence electrons. The molecule has 0 aliphatic heterocycles. The maximum absolute atomic E-state index is 13.0. The van der Waals surface area contributed by atoms with Gasteiger partial charge in [-0.3, -0.25) is 0 Å². The highest BCUT2D eigenvalue weighted by atomic mass is 19.4. The molecule has 3 aromatic rings. The van der Waals surface area contributed by atoms with E-state index in [0.717, 1.165) is 6.07 Å². The number of alkyl halides is 3. The summed E-state index contributed by atoms with van der Waals surface area (Å²) in [5, 5.41) is 0. The van der Waals surface area contributed by atoms with Gasteiger partial charge in [0.25, 0.3) is 0 Å². The van der Waals surface area contributed by atoms with Gasteiger partial charge in [-0.2, -0.15) is 13.2 Å². The summed E-state index contributed by atoms with van der Waals surface area (Å²) in [7, 11) is 0. The Labute approximate surface area is 117 Å². The van der Waals surface area contributed by atoms with E-state index >= 15 is 0 Å². The number of nitrogens with zero attached hydrogens (tertiary/aromatic N) is 2. The van der Waals surface area contributed by atoms with Gasteiger partial charge in [0.15, 0.2) is 11.3 Å². The van der Waals surface area contributed by atoms with Gasteiger partial charge in [-0.05, 0) is 24.3 Å². The highest BCUT2D eigenvalue weighted by Crippen LogP contribution is 2.37. The molecule has 2 aromatic carbocycles. The van der Waals surface area contributed by atoms with E-state index in [1.165, 1.54) is 36.4 Å². The van der Waals surface area contributed by atoms with Crippen molar-refractivity contribution in [2.75, 3.05) is 0 Å². The third kappa shape index (κ3) is 2.34. The molecule has 0 N–H and O–H groups in total. The van der Waals surface area contributed by atoms with Crippen molar-refractivity contribution < 1.29 is 17.6 Å². The summed E-state index contributed by atoms with van der Waals surface area (Å²) in [4.78, 5) is 7.30. The van der Waals surface area contributed by atoms with Crippen LogP contribution in [0.25, 0.3) is 27.4 Å². The normalized spacial score (nSPS) is 11.5. The van der Waals surface area contributed by atoms with Crippen LogP contribution in [0.3, 0.4) is 0 Å². The molecule has 0 aliphatic rings. The first-order chi connectivity index (χ1) is 9.99. The van der Waals surface area contributed by atoms with Crippen LogP contribution in [0.2, 0.25) is 0 Å². The molecule has 6 heteroatoms. The lowest BCUT2D eigenvalue weighted by atomic mass is 10.1. The number of fused-ring (bicyclic) bond motifs is 1. The van der Waals surface area contributed by atoms with Crippen molar-refractivity contribution in [2.45, 2.75) is 6.18 Å². The lowest BCUT2D eigenvalue weighted by molar-refractivity contribution is -0.137. The molecule has 0 saturated heterocycles. The van der Waals surface area contributed by atoms with Crippen LogP contribution in [0, 0.1) is 6.57 Å². The fraction of sp³-hybridized carbons (Fsp3) is 0.0667. The summed E-state index contributed by atoms with van der Waals surface area (Å²) in [5.74, 6) is -0.111. The molecule has 0 aliphatic carbocycles. The summed E-state index contributed by atoms with van der Waals surface area (Å²) < 4.78 is 44.4. The monoisotopic (exact) mass is 288 g/mol. The van der Waals surface area contributed by atoms with Gasteiger partial charge in [0.2, 0.25) is 5.89 Å². The Kier molecular flexibility index (Phi) is 2.91. The van der Waals surface area contributed by atoms with Gasteiger partial charge >= 0.3 is 6.18 Å². The minimum Gasteiger partial charge on any atom is -0.436 e. The standard InChI is InChI=1S/C15H7F3N2O/c1-19-9-6-7-13-12(8-9)20-14(21-13)10-4-2-3-5-11(10)15(16,17)18/h2-8H. The summed E-state index contributed by atoms with van der Waals surface area (Å²) in [6.07, 6.45) is -4.49. The van der Waals surface area contributed by atoms with Crippen LogP contribution in [0.5, 0.6) is 0 Å². The second-order valence-electron chi connectivity index (χ2n) is 4.33. The number of aromatic nitrogens is 1. The third-order valence-corrected chi connectivity index (χ3v) is 2.96. The average molecular weight is 288 g/mol. The Hall–Kier alpha value is -2.81. The Morgan fingerprint density at radius 1 is 1.10 bits per heavy atom. The van der Waals surface area contributed by atoms with Crippen molar-refractivity contribution in [2.24, 2.45) is 0 Å². The smallest absolute Gasteiger partial charge is 0.417 e. The quantitative estimate of drug-likeness (QED) is 0.585. The molecule has 1 aromatic heterocycles. The lowest BCUT2D eigenvalue weighted by Crippen LogP contribution is -2.06. The highest BCUT2D eigenvalue weighted by Gasteiger charge is 2.34. The zero-order valence-corrected chi connectivity index (χ0v) is 10.5. The Morgan fingerprint density at radius 3 is 2.57 bits per heavy atom. The summed E-state index contributed by atoms with van der Waals surface area (Å²) >= 11 is 0. The van der Waals surface area contributed by atoms with Crippen molar-refractivity contribution in [3.63, 3.8) is 0 Å². The van der Waals surface area contributed by atoms with E-state index in [0.29, 0.717) is 16.8 Å². The first-order valence-corrected chi connectivity index (χ1v) is 5.94. The van der Waals surface area contributed by atoms with Crippen LogP contribution < -0.4 is 0 Å². The first-order valence-electron chi connectivity index (χ1n) is 5.94. The van der Waals surface area contributed by atoms with E-state index in [2.05, 4.69) is 9.83 Å². The van der Waals surface area contributed by atoms with Crippen molar-refractivity contribution in [1.82, 2.24) is 4.98 Å². The van der Waals surface area contributed by atoms with E-state index in [1.54, 1.807) is 0 Å². The molecule has 0 saturated carbocycles. The molecule has 0 unspecified atom stereocenters. The molecule has 0 bridgehead atoms. The Morgan fingerprint density at radius 2 is 1.86 bits per heavy atom. The number of benzene rings is 2. The first kappa shape index (κ1) is 13.2. The number of hydrogen-bond donors (Lipinski definition) is 0. The van der Waals surface area contributed by atoms with Gasteiger partial charge in [-0.15, -0.1) is 0 Å². The van der Waals surface area contributed by atoms with Gasteiger partial charge < -0.3 is 4.42 Å². The zero-order valence-electron chi connectivity index (χ0n) is 10.5. The second-order valence-corrected chi connectivity index (χ2v) is 4.33. The van der Waals surface area contributed by atoms with E-state index in [4.69, 9.17) is 11.0 Å². The summed E-state index contributed by atoms with van der Waals surface area (Å²) in [6.45, 7) is 6.92. The third-order valence-electron chi connectivity index (χ3n) is 2.96. The second kappa shape index (κ2) is 4.63. The molecule has 0 spiro atoms. The molecule has 0 amide bonds. The predicted octanol–water partition coefficient (Wildman–Crippen LogP) is 5.06. The molecule has 3 rings (SSSR count). The van der Waals surface area contributed by atoms with Crippen LogP contribution in [0.1, 0.15) is 5.56 Å². The Bertz CT molecular complexity index is 859. The fourth-order valence-electron chi connectivity index (χ4n) is 2.02. The minimum absolute atomic E-state index is 0.111. The number of rotatable bonds is 1. The summed E-state index contributed by atoms with van der Waals surface area (Å²) in [5.41, 5.74) is 0.129. The van der Waals surface area contributed by atoms with Crippen molar-refractivity contribution >= 4 is 16.8 Å². The highest BCUT2D eigenvalue weighted by molar-refractivity contribution is 5.80. The van der Waals surface area contributed by atoms with E-state index in [9.17, 15) is 13.2 Å². The van der Waals surface area contributed by atoms with Crippen LogP contribution in [0.15, 0.2) is 46.9 Å². The van der Waals surface area contributed by atoms with Gasteiger partial charge in [-0.25, -0.2) is 9.83 Å². The van der Waals surface area contributed by atoms with Gasteiger partial charge in [0.05, 0.1) is 17.7 Å². The maximum Gasteiger partial charge on any atom is 0.417 e. The van der Waals surface area contributed by atoms with Crippen molar-refractivity contribution in [1.29, 1.82) is 0 Å². The fourth-order valence-corrected chi connectivity index (χ4v) is 2.02. The van der Waals surface area contributed by atoms with Crippen LogP contribution in [0.4, 0.5) is 18.9 Å². The molecular formula is C15H7F3N2O. The molecule has 0 atom stereocenters. The maximum atomic E-state index is 13.0. The van der Waals surface area contributed by atoms with Gasteiger partial charge in [0.1, 0.15) is 0 Å². The number of hydrogen-bond acceptors (Lipinski definition) is 2. The molecule has 21 heavy (non-hydrogen) atoms. The molecule has 0 radical (unpaired) electrons. The van der Waals surface area contributed by atoms with Crippen LogP contribution in [-0.4, -0.2) is 4.98 Å². The summed E-state index contributed by atoms with van der Waals surface area (Å²) in [6, 6.07) is 9.62.